The van der Waals surface area contributed by atoms with Crippen molar-refractivity contribution in [2.45, 2.75) is 43.6 Å². The summed E-state index contributed by atoms with van der Waals surface area (Å²) in [5.74, 6) is 0. The van der Waals surface area contributed by atoms with Gasteiger partial charge in [-0.3, -0.25) is 4.90 Å². The smallest absolute Gasteiger partial charge is 0.0359 e. The summed E-state index contributed by atoms with van der Waals surface area (Å²) in [6, 6.07) is 10.00. The van der Waals surface area contributed by atoms with Gasteiger partial charge in [-0.25, -0.2) is 0 Å². The van der Waals surface area contributed by atoms with Crippen molar-refractivity contribution >= 4 is 0 Å². The van der Waals surface area contributed by atoms with E-state index in [4.69, 9.17) is 0 Å². The maximum absolute atomic E-state index is 3.54. The van der Waals surface area contributed by atoms with Gasteiger partial charge >= 0.3 is 0 Å². The summed E-state index contributed by atoms with van der Waals surface area (Å²) in [4.78, 5) is 2.75. The normalized spacial score (nSPS) is 29.8. The van der Waals surface area contributed by atoms with Gasteiger partial charge in [0.05, 0.1) is 0 Å². The first kappa shape index (κ1) is 11.9. The molecule has 4 rings (SSSR count). The molecule has 2 nitrogen and oxygen atoms in total. The molecule has 0 aromatic heterocycles. The van der Waals surface area contributed by atoms with Gasteiger partial charge in [-0.05, 0) is 74.8 Å². The van der Waals surface area contributed by atoms with Gasteiger partial charge in [0.25, 0.3) is 0 Å². The van der Waals surface area contributed by atoms with Gasteiger partial charge in [-0.15, -0.1) is 0 Å². The predicted octanol–water partition coefficient (Wildman–Crippen LogP) is 2.85. The zero-order chi connectivity index (χ0) is 12.7. The lowest BCUT2D eigenvalue weighted by Gasteiger charge is -2.36. The van der Waals surface area contributed by atoms with Crippen LogP contribution < -0.4 is 5.32 Å². The summed E-state index contributed by atoms with van der Waals surface area (Å²) in [6.45, 7) is 5.02. The average molecular weight is 256 g/mol. The molecular formula is C17H24N2. The highest BCUT2D eigenvalue weighted by Gasteiger charge is 2.45. The van der Waals surface area contributed by atoms with Gasteiger partial charge in [-0.2, -0.15) is 0 Å². The molecule has 2 fully saturated rings. The standard InChI is InChI=1S/C17H24N2/c1-2-6-15-14(5-1)16(19-11-3-4-12-19)13-17(15)7-9-18-10-8-17/h1-2,5-6,16,18H,3-4,7-13H2/t16-/m1/s1. The minimum Gasteiger partial charge on any atom is -0.317 e. The van der Waals surface area contributed by atoms with Crippen LogP contribution in [0.4, 0.5) is 0 Å². The average Bonchev–Trinajstić information content (AvgIpc) is 3.08. The van der Waals surface area contributed by atoms with Crippen molar-refractivity contribution in [3.8, 4) is 0 Å². The van der Waals surface area contributed by atoms with Gasteiger partial charge < -0.3 is 5.32 Å². The summed E-state index contributed by atoms with van der Waals surface area (Å²) >= 11 is 0. The second-order valence-electron chi connectivity index (χ2n) is 6.58. The summed E-state index contributed by atoms with van der Waals surface area (Å²) in [7, 11) is 0. The Balaban J connectivity index is 1.73. The molecule has 0 amide bonds. The highest BCUT2D eigenvalue weighted by atomic mass is 15.2. The Kier molecular flexibility index (Phi) is 2.89. The molecule has 1 aromatic rings. The number of nitrogens with zero attached hydrogens (tertiary/aromatic N) is 1. The van der Waals surface area contributed by atoms with Crippen molar-refractivity contribution in [2.75, 3.05) is 26.2 Å². The van der Waals surface area contributed by atoms with E-state index in [1.54, 1.807) is 11.1 Å². The third-order valence-electron chi connectivity index (χ3n) is 5.62. The van der Waals surface area contributed by atoms with E-state index in [9.17, 15) is 0 Å². The fourth-order valence-corrected chi connectivity index (χ4v) is 4.62. The number of fused-ring (bicyclic) bond motifs is 2. The van der Waals surface area contributed by atoms with Crippen LogP contribution in [0.3, 0.4) is 0 Å². The minimum atomic E-state index is 0.481. The third-order valence-corrected chi connectivity index (χ3v) is 5.62. The first-order valence-corrected chi connectivity index (χ1v) is 7.93. The molecule has 2 aliphatic heterocycles. The van der Waals surface area contributed by atoms with Crippen LogP contribution in [0.25, 0.3) is 0 Å². The van der Waals surface area contributed by atoms with E-state index in [2.05, 4.69) is 34.5 Å². The van der Waals surface area contributed by atoms with Crippen molar-refractivity contribution in [1.29, 1.82) is 0 Å². The molecule has 19 heavy (non-hydrogen) atoms. The van der Waals surface area contributed by atoms with E-state index in [1.807, 2.05) is 0 Å². The summed E-state index contributed by atoms with van der Waals surface area (Å²) < 4.78 is 0. The predicted molar refractivity (Wildman–Crippen MR) is 78.4 cm³/mol. The Labute approximate surface area is 116 Å². The zero-order valence-corrected chi connectivity index (χ0v) is 11.7. The van der Waals surface area contributed by atoms with Crippen molar-refractivity contribution in [1.82, 2.24) is 10.2 Å². The molecule has 0 bridgehead atoms. The van der Waals surface area contributed by atoms with Crippen LogP contribution in [-0.4, -0.2) is 31.1 Å². The number of piperidine rings is 1. The lowest BCUT2D eigenvalue weighted by Crippen LogP contribution is -2.39. The largest absolute Gasteiger partial charge is 0.317 e. The molecule has 0 radical (unpaired) electrons. The van der Waals surface area contributed by atoms with Crippen LogP contribution in [0, 0.1) is 0 Å². The molecule has 1 N–H and O–H groups in total. The molecule has 1 aromatic carbocycles. The number of hydrogen-bond acceptors (Lipinski definition) is 2. The van der Waals surface area contributed by atoms with E-state index in [0.717, 1.165) is 0 Å². The molecule has 3 aliphatic rings. The third kappa shape index (κ3) is 1.85. The van der Waals surface area contributed by atoms with E-state index >= 15 is 0 Å². The van der Waals surface area contributed by atoms with Gasteiger partial charge in [0.2, 0.25) is 0 Å². The summed E-state index contributed by atoms with van der Waals surface area (Å²) in [6.07, 6.45) is 6.82. The van der Waals surface area contributed by atoms with Gasteiger partial charge in [0.1, 0.15) is 0 Å². The zero-order valence-electron chi connectivity index (χ0n) is 11.7. The number of nitrogens with one attached hydrogen (secondary N) is 1. The van der Waals surface area contributed by atoms with E-state index in [0.29, 0.717) is 11.5 Å². The van der Waals surface area contributed by atoms with Gasteiger partial charge in [-0.1, -0.05) is 24.3 Å². The molecule has 0 unspecified atom stereocenters. The second-order valence-corrected chi connectivity index (χ2v) is 6.58. The van der Waals surface area contributed by atoms with Gasteiger partial charge in [0.15, 0.2) is 0 Å². The molecule has 1 spiro atoms. The molecule has 102 valence electrons. The molecule has 1 aliphatic carbocycles. The SMILES string of the molecule is c1ccc2c(c1)[C@H](N1CCCC1)CC21CCNCC1. The van der Waals surface area contributed by atoms with E-state index in [-0.39, 0.29) is 0 Å². The number of benzene rings is 1. The Morgan fingerprint density at radius 1 is 1.05 bits per heavy atom. The molecule has 2 heteroatoms. The van der Waals surface area contributed by atoms with Crippen molar-refractivity contribution in [3.05, 3.63) is 35.4 Å². The van der Waals surface area contributed by atoms with Gasteiger partial charge in [0, 0.05) is 6.04 Å². The lowest BCUT2D eigenvalue weighted by atomic mass is 9.74. The minimum absolute atomic E-state index is 0.481. The summed E-state index contributed by atoms with van der Waals surface area (Å²) in [5, 5.41) is 3.54. The molecule has 2 saturated heterocycles. The van der Waals surface area contributed by atoms with Crippen molar-refractivity contribution in [2.24, 2.45) is 0 Å². The van der Waals surface area contributed by atoms with Crippen molar-refractivity contribution < 1.29 is 0 Å². The summed E-state index contributed by atoms with van der Waals surface area (Å²) in [5.41, 5.74) is 3.80. The first-order valence-electron chi connectivity index (χ1n) is 7.93. The Morgan fingerprint density at radius 3 is 2.58 bits per heavy atom. The fourth-order valence-electron chi connectivity index (χ4n) is 4.62. The molecule has 2 heterocycles. The molecule has 0 saturated carbocycles. The van der Waals surface area contributed by atoms with Crippen LogP contribution in [0.2, 0.25) is 0 Å². The number of hydrogen-bond donors (Lipinski definition) is 1. The van der Waals surface area contributed by atoms with Crippen LogP contribution in [0.5, 0.6) is 0 Å². The van der Waals surface area contributed by atoms with Crippen LogP contribution in [0.1, 0.15) is 49.3 Å². The fraction of sp³-hybridized carbons (Fsp3) is 0.647. The molecular weight excluding hydrogens is 232 g/mol. The Morgan fingerprint density at radius 2 is 1.79 bits per heavy atom. The lowest BCUT2D eigenvalue weighted by molar-refractivity contribution is 0.195. The van der Waals surface area contributed by atoms with Crippen LogP contribution in [-0.2, 0) is 5.41 Å². The highest BCUT2D eigenvalue weighted by molar-refractivity contribution is 5.43. The van der Waals surface area contributed by atoms with E-state index < -0.39 is 0 Å². The second kappa shape index (κ2) is 4.60. The maximum atomic E-state index is 3.54. The van der Waals surface area contributed by atoms with Crippen LogP contribution in [0.15, 0.2) is 24.3 Å². The topological polar surface area (TPSA) is 15.3 Å². The number of rotatable bonds is 1. The molecule has 1 atom stereocenters. The van der Waals surface area contributed by atoms with E-state index in [1.165, 1.54) is 58.3 Å². The highest BCUT2D eigenvalue weighted by Crippen LogP contribution is 2.52. The van der Waals surface area contributed by atoms with Crippen LogP contribution >= 0.6 is 0 Å². The maximum Gasteiger partial charge on any atom is 0.0359 e. The Bertz CT molecular complexity index is 456. The number of likely N-dealkylation sites (tertiary alicyclic amines) is 1. The first-order chi connectivity index (χ1) is 9.39. The quantitative estimate of drug-likeness (QED) is 0.831. The monoisotopic (exact) mass is 256 g/mol. The Hall–Kier alpha value is -0.860. The van der Waals surface area contributed by atoms with Crippen molar-refractivity contribution in [3.63, 3.8) is 0 Å².